The summed E-state index contributed by atoms with van der Waals surface area (Å²) in [6.07, 6.45) is 10.7. The van der Waals surface area contributed by atoms with Crippen molar-refractivity contribution >= 4 is 22.7 Å². The molecule has 0 radical (unpaired) electrons. The minimum Gasteiger partial charge on any atom is -0.289 e. The number of carbonyl (C=O) groups is 2. The van der Waals surface area contributed by atoms with Crippen molar-refractivity contribution in [1.82, 2.24) is 0 Å². The number of ketones is 2. The van der Waals surface area contributed by atoms with E-state index in [0.29, 0.717) is 11.8 Å². The average Bonchev–Trinajstić information content (AvgIpc) is 2.89. The predicted molar refractivity (Wildman–Crippen MR) is 169 cm³/mol. The highest BCUT2D eigenvalue weighted by molar-refractivity contribution is 6.23. The lowest BCUT2D eigenvalue weighted by Gasteiger charge is -2.34. The third-order valence-electron chi connectivity index (χ3n) is 8.91. The van der Waals surface area contributed by atoms with E-state index in [1.165, 1.54) is 0 Å². The van der Waals surface area contributed by atoms with Crippen molar-refractivity contribution < 1.29 is 9.59 Å². The van der Waals surface area contributed by atoms with Gasteiger partial charge in [0.1, 0.15) is 0 Å². The molecule has 2 aliphatic rings. The van der Waals surface area contributed by atoms with Crippen LogP contribution in [0.2, 0.25) is 0 Å². The first-order valence-electron chi connectivity index (χ1n) is 15.3. The van der Waals surface area contributed by atoms with Crippen molar-refractivity contribution in [1.29, 1.82) is 0 Å². The quantitative estimate of drug-likeness (QED) is 0.303. The summed E-state index contributed by atoms with van der Waals surface area (Å²) < 4.78 is 0. The summed E-state index contributed by atoms with van der Waals surface area (Å²) in [6.45, 7) is 17.9. The van der Waals surface area contributed by atoms with E-state index in [1.807, 2.05) is 36.4 Å². The summed E-state index contributed by atoms with van der Waals surface area (Å²) in [4.78, 5) is 27.8. The summed E-state index contributed by atoms with van der Waals surface area (Å²) in [6, 6.07) is 16.0. The van der Waals surface area contributed by atoms with Crippen LogP contribution >= 0.6 is 0 Å². The van der Waals surface area contributed by atoms with Gasteiger partial charge in [0.15, 0.2) is 11.6 Å². The van der Waals surface area contributed by atoms with Gasteiger partial charge < -0.3 is 0 Å². The van der Waals surface area contributed by atoms with Crippen molar-refractivity contribution in [2.75, 3.05) is 0 Å². The summed E-state index contributed by atoms with van der Waals surface area (Å²) in [5, 5.41) is 0. The molecule has 2 aromatic rings. The summed E-state index contributed by atoms with van der Waals surface area (Å²) >= 11 is 0. The first kappa shape index (κ1) is 30.0. The smallest absolute Gasteiger partial charge is 0.190 e. The standard InChI is InChI=1S/C38H48O2/c1-25(2)15-13-21-37(5,6)33-23-31(27-17-9-11-19-29(27)35(33)39)32-24-34(38(7,8)22-14-16-26(3)4)36(40)30-20-12-10-18-28(30)32/h9-12,17-20,23-26H,13-16,21-22H2,1-8H3/b32-31+. The number of Topliss-reactive ketones (excluding diaryl/α,β-unsaturated/α-hetero) is 2. The fourth-order valence-corrected chi connectivity index (χ4v) is 6.32. The highest BCUT2D eigenvalue weighted by Gasteiger charge is 2.37. The topological polar surface area (TPSA) is 34.1 Å². The van der Waals surface area contributed by atoms with Gasteiger partial charge in [-0.2, -0.15) is 0 Å². The van der Waals surface area contributed by atoms with Gasteiger partial charge in [-0.1, -0.05) is 130 Å². The number of fused-ring (bicyclic) bond motifs is 2. The number of hydrogen-bond acceptors (Lipinski definition) is 2. The number of rotatable bonds is 10. The Morgan fingerprint density at radius 1 is 0.550 bits per heavy atom. The first-order valence-corrected chi connectivity index (χ1v) is 15.3. The molecule has 0 heterocycles. The second-order valence-electron chi connectivity index (χ2n) is 14.0. The van der Waals surface area contributed by atoms with E-state index in [1.54, 1.807) is 0 Å². The molecule has 0 spiro atoms. The molecule has 2 aromatic carbocycles. The Kier molecular flexibility index (Phi) is 8.88. The molecule has 0 bridgehead atoms. The fourth-order valence-electron chi connectivity index (χ4n) is 6.32. The molecular weight excluding hydrogens is 488 g/mol. The van der Waals surface area contributed by atoms with Crippen molar-refractivity contribution in [2.45, 2.75) is 93.9 Å². The normalized spacial score (nSPS) is 17.6. The molecule has 4 rings (SSSR count). The molecule has 212 valence electrons. The third kappa shape index (κ3) is 6.17. The lowest BCUT2D eigenvalue weighted by atomic mass is 9.68. The molecule has 0 aromatic heterocycles. The molecule has 0 unspecified atom stereocenters. The van der Waals surface area contributed by atoms with Gasteiger partial charge in [0.2, 0.25) is 0 Å². The summed E-state index contributed by atoms with van der Waals surface area (Å²) in [7, 11) is 0. The zero-order valence-corrected chi connectivity index (χ0v) is 26.0. The second-order valence-corrected chi connectivity index (χ2v) is 14.0. The van der Waals surface area contributed by atoms with E-state index in [-0.39, 0.29) is 22.4 Å². The van der Waals surface area contributed by atoms with Crippen LogP contribution in [-0.2, 0) is 0 Å². The zero-order chi connectivity index (χ0) is 29.2. The third-order valence-corrected chi connectivity index (χ3v) is 8.91. The van der Waals surface area contributed by atoms with Crippen molar-refractivity contribution in [3.63, 3.8) is 0 Å². The Balaban J connectivity index is 1.92. The van der Waals surface area contributed by atoms with Gasteiger partial charge in [-0.25, -0.2) is 0 Å². The Bertz CT molecular complexity index is 1270. The van der Waals surface area contributed by atoms with Crippen LogP contribution in [0.3, 0.4) is 0 Å². The van der Waals surface area contributed by atoms with Crippen LogP contribution in [-0.4, -0.2) is 11.6 Å². The molecule has 40 heavy (non-hydrogen) atoms. The van der Waals surface area contributed by atoms with Gasteiger partial charge in [0.05, 0.1) is 0 Å². The molecule has 2 aliphatic carbocycles. The highest BCUT2D eigenvalue weighted by atomic mass is 16.1. The number of hydrogen-bond donors (Lipinski definition) is 0. The maximum atomic E-state index is 13.9. The first-order chi connectivity index (χ1) is 18.8. The van der Waals surface area contributed by atoms with Crippen LogP contribution in [0, 0.1) is 22.7 Å². The Morgan fingerprint density at radius 2 is 0.875 bits per heavy atom. The average molecular weight is 537 g/mol. The highest BCUT2D eigenvalue weighted by Crippen LogP contribution is 2.47. The van der Waals surface area contributed by atoms with E-state index >= 15 is 0 Å². The molecule has 0 fully saturated rings. The van der Waals surface area contributed by atoms with Crippen molar-refractivity contribution in [3.05, 3.63) is 94.1 Å². The molecule has 2 nitrogen and oxygen atoms in total. The van der Waals surface area contributed by atoms with Gasteiger partial charge in [-0.3, -0.25) is 9.59 Å². The van der Waals surface area contributed by atoms with Crippen LogP contribution in [0.25, 0.3) is 11.1 Å². The molecule has 0 aliphatic heterocycles. The van der Waals surface area contributed by atoms with E-state index < -0.39 is 0 Å². The Labute approximate surface area is 242 Å². The lowest BCUT2D eigenvalue weighted by Crippen LogP contribution is -2.27. The van der Waals surface area contributed by atoms with Crippen molar-refractivity contribution in [2.24, 2.45) is 22.7 Å². The SMILES string of the molecule is CC(C)CCCC(C)(C)C1=C/C(=C2/C=C(C(C)(C)CCCC(C)C)C(=O)c3ccccc32)c2ccccc2C1=O. The molecule has 2 heteroatoms. The maximum Gasteiger partial charge on any atom is 0.190 e. The van der Waals surface area contributed by atoms with Crippen LogP contribution in [0.1, 0.15) is 126 Å². The largest absolute Gasteiger partial charge is 0.289 e. The van der Waals surface area contributed by atoms with Crippen LogP contribution in [0.15, 0.2) is 71.8 Å². The van der Waals surface area contributed by atoms with Gasteiger partial charge >= 0.3 is 0 Å². The number of carbonyl (C=O) groups excluding carboxylic acids is 2. The van der Waals surface area contributed by atoms with E-state index in [0.717, 1.165) is 83.1 Å². The minimum absolute atomic E-state index is 0.132. The number of benzene rings is 2. The minimum atomic E-state index is -0.252. The van der Waals surface area contributed by atoms with Crippen molar-refractivity contribution in [3.8, 4) is 0 Å². The predicted octanol–water partition coefficient (Wildman–Crippen LogP) is 10.5. The lowest BCUT2D eigenvalue weighted by molar-refractivity contribution is 0.0993. The molecule has 0 saturated carbocycles. The Morgan fingerprint density at radius 3 is 1.20 bits per heavy atom. The summed E-state index contributed by atoms with van der Waals surface area (Å²) in [5.74, 6) is 1.56. The van der Waals surface area contributed by atoms with Crippen LogP contribution < -0.4 is 0 Å². The fraction of sp³-hybridized carbons (Fsp3) is 0.474. The molecular formula is C38H48O2. The molecule has 0 atom stereocenters. The van der Waals surface area contributed by atoms with E-state index in [4.69, 9.17) is 0 Å². The molecule has 0 amide bonds. The summed E-state index contributed by atoms with van der Waals surface area (Å²) in [5.41, 5.74) is 6.80. The molecule has 0 N–H and O–H groups in total. The Hall–Kier alpha value is -3.00. The number of allylic oxidation sites excluding steroid dienone is 6. The van der Waals surface area contributed by atoms with Gasteiger partial charge in [-0.05, 0) is 69.9 Å². The molecule has 0 saturated heterocycles. The second kappa shape index (κ2) is 11.9. The van der Waals surface area contributed by atoms with Crippen LogP contribution in [0.5, 0.6) is 0 Å². The van der Waals surface area contributed by atoms with E-state index in [2.05, 4.69) is 79.7 Å². The van der Waals surface area contributed by atoms with Gasteiger partial charge in [0.25, 0.3) is 0 Å². The maximum absolute atomic E-state index is 13.9. The van der Waals surface area contributed by atoms with Crippen LogP contribution in [0.4, 0.5) is 0 Å². The van der Waals surface area contributed by atoms with Gasteiger partial charge in [-0.15, -0.1) is 0 Å². The monoisotopic (exact) mass is 536 g/mol. The van der Waals surface area contributed by atoms with E-state index in [9.17, 15) is 9.59 Å². The van der Waals surface area contributed by atoms with Gasteiger partial charge in [0, 0.05) is 22.3 Å². The zero-order valence-electron chi connectivity index (χ0n) is 26.0.